The number of ether oxygens (including phenoxy) is 1. The maximum atomic E-state index is 13.3. The van der Waals surface area contributed by atoms with Gasteiger partial charge in [-0.25, -0.2) is 13.2 Å². The van der Waals surface area contributed by atoms with Crippen LogP contribution in [-0.2, 0) is 11.2 Å². The number of rotatable bonds is 4. The molecule has 0 bridgehead atoms. The van der Waals surface area contributed by atoms with Crippen LogP contribution in [-0.4, -0.2) is 6.61 Å². The molecule has 3 rings (SSSR count). The van der Waals surface area contributed by atoms with Gasteiger partial charge in [0.2, 0.25) is 0 Å². The molecule has 0 amide bonds. The van der Waals surface area contributed by atoms with Crippen LogP contribution in [0.25, 0.3) is 5.76 Å². The predicted molar refractivity (Wildman–Crippen MR) is 88.0 cm³/mol. The van der Waals surface area contributed by atoms with Crippen LogP contribution in [0.5, 0.6) is 0 Å². The van der Waals surface area contributed by atoms with Crippen LogP contribution >= 0.6 is 0 Å². The highest BCUT2D eigenvalue weighted by molar-refractivity contribution is 5.61. The molecule has 1 nitrogen and oxygen atoms in total. The van der Waals surface area contributed by atoms with Crippen molar-refractivity contribution in [3.05, 3.63) is 76.6 Å². The fraction of sp³-hybridized carbons (Fsp3) is 0.300. The van der Waals surface area contributed by atoms with E-state index in [1.807, 2.05) is 0 Å². The van der Waals surface area contributed by atoms with Gasteiger partial charge in [-0.2, -0.15) is 0 Å². The number of hydrogen-bond donors (Lipinski definition) is 0. The minimum Gasteiger partial charge on any atom is -0.493 e. The van der Waals surface area contributed by atoms with Crippen molar-refractivity contribution in [1.82, 2.24) is 0 Å². The molecule has 1 atom stereocenters. The Kier molecular flexibility index (Phi) is 4.93. The molecular weight excluding hydrogens is 313 g/mol. The highest BCUT2D eigenvalue weighted by Gasteiger charge is 2.20. The summed E-state index contributed by atoms with van der Waals surface area (Å²) in [6.07, 6.45) is 4.69. The molecule has 1 aliphatic heterocycles. The molecular formula is C20H19F3O. The second kappa shape index (κ2) is 7.12. The third kappa shape index (κ3) is 3.48. The van der Waals surface area contributed by atoms with E-state index in [4.69, 9.17) is 4.74 Å². The van der Waals surface area contributed by atoms with Gasteiger partial charge in [-0.15, -0.1) is 0 Å². The second-order valence-corrected chi connectivity index (χ2v) is 6.06. The first kappa shape index (κ1) is 16.6. The second-order valence-electron chi connectivity index (χ2n) is 6.06. The third-order valence-electron chi connectivity index (χ3n) is 4.29. The quantitative estimate of drug-likeness (QED) is 0.662. The SMILES string of the molecule is CCCc1ccc(C2CC=C(c3cc(F)c(F)c(F)c3)OC2)cc1. The number of allylic oxidation sites excluding steroid dienone is 1. The Bertz CT molecular complexity index is 727. The Morgan fingerprint density at radius 1 is 1.04 bits per heavy atom. The number of halogens is 3. The molecule has 0 aliphatic carbocycles. The molecule has 0 saturated carbocycles. The molecule has 2 aromatic rings. The average molecular weight is 332 g/mol. The van der Waals surface area contributed by atoms with Gasteiger partial charge in [0.15, 0.2) is 17.5 Å². The number of hydrogen-bond acceptors (Lipinski definition) is 1. The lowest BCUT2D eigenvalue weighted by Crippen LogP contribution is -2.12. The van der Waals surface area contributed by atoms with Gasteiger partial charge in [0, 0.05) is 11.5 Å². The first-order valence-corrected chi connectivity index (χ1v) is 8.15. The Morgan fingerprint density at radius 2 is 1.71 bits per heavy atom. The van der Waals surface area contributed by atoms with E-state index in [1.165, 1.54) is 11.1 Å². The monoisotopic (exact) mass is 332 g/mol. The first-order chi connectivity index (χ1) is 11.6. The van der Waals surface area contributed by atoms with Crippen LogP contribution in [0, 0.1) is 17.5 Å². The first-order valence-electron chi connectivity index (χ1n) is 8.15. The lowest BCUT2D eigenvalue weighted by atomic mass is 9.93. The highest BCUT2D eigenvalue weighted by atomic mass is 19.2. The van der Waals surface area contributed by atoms with Gasteiger partial charge in [-0.1, -0.05) is 37.6 Å². The lowest BCUT2D eigenvalue weighted by Gasteiger charge is -2.24. The van der Waals surface area contributed by atoms with Gasteiger partial charge in [0.1, 0.15) is 5.76 Å². The van der Waals surface area contributed by atoms with Crippen LogP contribution in [0.1, 0.15) is 42.4 Å². The van der Waals surface area contributed by atoms with E-state index in [1.54, 1.807) is 6.08 Å². The van der Waals surface area contributed by atoms with E-state index in [2.05, 4.69) is 31.2 Å². The summed E-state index contributed by atoms with van der Waals surface area (Å²) in [6.45, 7) is 2.58. The van der Waals surface area contributed by atoms with Gasteiger partial charge in [0.05, 0.1) is 6.61 Å². The minimum atomic E-state index is -1.46. The molecule has 4 heteroatoms. The zero-order valence-corrected chi connectivity index (χ0v) is 13.5. The molecule has 1 unspecified atom stereocenters. The van der Waals surface area contributed by atoms with Crippen molar-refractivity contribution in [2.75, 3.05) is 6.61 Å². The van der Waals surface area contributed by atoms with Gasteiger partial charge in [-0.05, 0) is 42.2 Å². The molecule has 2 aromatic carbocycles. The van der Waals surface area contributed by atoms with Gasteiger partial charge in [0.25, 0.3) is 0 Å². The predicted octanol–water partition coefficient (Wildman–Crippen LogP) is 5.60. The Labute approximate surface area is 139 Å². The summed E-state index contributed by atoms with van der Waals surface area (Å²) >= 11 is 0. The molecule has 0 aromatic heterocycles. The summed E-state index contributed by atoms with van der Waals surface area (Å²) in [7, 11) is 0. The summed E-state index contributed by atoms with van der Waals surface area (Å²) < 4.78 is 45.4. The minimum absolute atomic E-state index is 0.208. The topological polar surface area (TPSA) is 9.23 Å². The van der Waals surface area contributed by atoms with Crippen LogP contribution in [0.15, 0.2) is 42.5 Å². The van der Waals surface area contributed by atoms with E-state index in [0.717, 1.165) is 25.0 Å². The molecule has 0 saturated heterocycles. The maximum absolute atomic E-state index is 13.3. The normalized spacial score (nSPS) is 17.3. The van der Waals surface area contributed by atoms with E-state index >= 15 is 0 Å². The molecule has 126 valence electrons. The Hall–Kier alpha value is -2.23. The van der Waals surface area contributed by atoms with Crippen molar-refractivity contribution in [3.8, 4) is 0 Å². The zero-order chi connectivity index (χ0) is 17.1. The molecule has 24 heavy (non-hydrogen) atoms. The van der Waals surface area contributed by atoms with Crippen LogP contribution in [0.4, 0.5) is 13.2 Å². The smallest absolute Gasteiger partial charge is 0.194 e. The average Bonchev–Trinajstić information content (AvgIpc) is 2.60. The zero-order valence-electron chi connectivity index (χ0n) is 13.5. The number of aryl methyl sites for hydroxylation is 1. The van der Waals surface area contributed by atoms with Crippen molar-refractivity contribution in [2.24, 2.45) is 0 Å². The third-order valence-corrected chi connectivity index (χ3v) is 4.29. The summed E-state index contributed by atoms with van der Waals surface area (Å²) in [4.78, 5) is 0. The lowest BCUT2D eigenvalue weighted by molar-refractivity contribution is 0.236. The Morgan fingerprint density at radius 3 is 2.25 bits per heavy atom. The summed E-state index contributed by atoms with van der Waals surface area (Å²) in [5, 5.41) is 0. The molecule has 0 radical (unpaired) electrons. The fourth-order valence-corrected chi connectivity index (χ4v) is 2.94. The van der Waals surface area contributed by atoms with Crippen LogP contribution in [0.2, 0.25) is 0 Å². The van der Waals surface area contributed by atoms with Crippen molar-refractivity contribution in [2.45, 2.75) is 32.1 Å². The van der Waals surface area contributed by atoms with Gasteiger partial charge < -0.3 is 4.74 Å². The number of benzene rings is 2. The van der Waals surface area contributed by atoms with Crippen LogP contribution < -0.4 is 0 Å². The Balaban J connectivity index is 1.74. The summed E-state index contributed by atoms with van der Waals surface area (Å²) in [5.41, 5.74) is 2.72. The van der Waals surface area contributed by atoms with E-state index < -0.39 is 17.5 Å². The largest absolute Gasteiger partial charge is 0.493 e. The summed E-state index contributed by atoms with van der Waals surface area (Å²) in [6, 6.07) is 10.4. The van der Waals surface area contributed by atoms with Crippen molar-refractivity contribution in [1.29, 1.82) is 0 Å². The van der Waals surface area contributed by atoms with E-state index in [-0.39, 0.29) is 11.5 Å². The van der Waals surface area contributed by atoms with E-state index in [9.17, 15) is 13.2 Å². The van der Waals surface area contributed by atoms with Gasteiger partial charge in [-0.3, -0.25) is 0 Å². The highest BCUT2D eigenvalue weighted by Crippen LogP contribution is 2.31. The standard InChI is InChI=1S/C20H19F3O/c1-2-3-13-4-6-14(7-5-13)15-8-9-19(24-12-15)16-10-17(21)20(23)18(22)11-16/h4-7,9-11,15H,2-3,8,12H2,1H3. The van der Waals surface area contributed by atoms with Crippen molar-refractivity contribution in [3.63, 3.8) is 0 Å². The molecule has 0 N–H and O–H groups in total. The molecule has 0 fully saturated rings. The fourth-order valence-electron chi connectivity index (χ4n) is 2.94. The van der Waals surface area contributed by atoms with E-state index in [0.29, 0.717) is 18.8 Å². The maximum Gasteiger partial charge on any atom is 0.194 e. The molecule has 0 spiro atoms. The molecule has 1 heterocycles. The van der Waals surface area contributed by atoms with Crippen molar-refractivity contribution < 1.29 is 17.9 Å². The summed E-state index contributed by atoms with van der Waals surface area (Å²) in [5.74, 6) is -3.27. The van der Waals surface area contributed by atoms with Crippen LogP contribution in [0.3, 0.4) is 0 Å². The van der Waals surface area contributed by atoms with Gasteiger partial charge >= 0.3 is 0 Å². The molecule has 1 aliphatic rings. The van der Waals surface area contributed by atoms with Crippen molar-refractivity contribution >= 4 is 5.76 Å².